The van der Waals surface area contributed by atoms with Gasteiger partial charge in [0, 0.05) is 11.4 Å². The molecule has 2 rings (SSSR count). The zero-order valence-corrected chi connectivity index (χ0v) is 10.8. The number of nitrogens with zero attached hydrogens (tertiary/aromatic N) is 1. The first-order valence-corrected chi connectivity index (χ1v) is 6.61. The monoisotopic (exact) mass is 252 g/mol. The molecule has 1 aliphatic rings. The molecule has 2 heterocycles. The summed E-state index contributed by atoms with van der Waals surface area (Å²) in [6, 6.07) is 3.77. The number of imide groups is 1. The Morgan fingerprint density at radius 3 is 2.82 bits per heavy atom. The van der Waals surface area contributed by atoms with Crippen LogP contribution >= 0.6 is 11.3 Å². The molecule has 1 aliphatic heterocycles. The standard InChI is InChI=1S/C12H16N2O2S/c1-3-12(2)10(15)13-11(16)14(12)7-6-9-5-4-8-17-9/h4-5,8H,3,6-7H2,1-2H3,(H,13,15,16). The summed E-state index contributed by atoms with van der Waals surface area (Å²) in [4.78, 5) is 26.3. The van der Waals surface area contributed by atoms with Crippen molar-refractivity contribution < 1.29 is 9.59 Å². The number of urea groups is 1. The molecule has 1 aromatic rings. The average molecular weight is 252 g/mol. The maximum atomic E-state index is 11.7. The SMILES string of the molecule is CCC1(C)C(=O)NC(=O)N1CCc1cccs1. The van der Waals surface area contributed by atoms with E-state index in [1.165, 1.54) is 4.88 Å². The van der Waals surface area contributed by atoms with E-state index in [-0.39, 0.29) is 11.9 Å². The molecule has 1 fully saturated rings. The molecule has 1 aromatic heterocycles. The van der Waals surface area contributed by atoms with Gasteiger partial charge in [-0.25, -0.2) is 4.79 Å². The minimum absolute atomic E-state index is 0.184. The minimum atomic E-state index is -0.686. The van der Waals surface area contributed by atoms with Gasteiger partial charge in [0.05, 0.1) is 0 Å². The Hall–Kier alpha value is -1.36. The lowest BCUT2D eigenvalue weighted by molar-refractivity contribution is -0.126. The molecule has 0 aliphatic carbocycles. The molecule has 1 unspecified atom stereocenters. The van der Waals surface area contributed by atoms with Crippen molar-refractivity contribution in [3.05, 3.63) is 22.4 Å². The summed E-state index contributed by atoms with van der Waals surface area (Å²) in [5.74, 6) is -0.184. The maximum absolute atomic E-state index is 11.7. The van der Waals surface area contributed by atoms with E-state index in [4.69, 9.17) is 0 Å². The quantitative estimate of drug-likeness (QED) is 0.833. The molecule has 0 bridgehead atoms. The van der Waals surface area contributed by atoms with Gasteiger partial charge in [-0.05, 0) is 31.2 Å². The lowest BCUT2D eigenvalue weighted by Crippen LogP contribution is -2.47. The van der Waals surface area contributed by atoms with Crippen molar-refractivity contribution in [1.29, 1.82) is 0 Å². The third-order valence-electron chi connectivity index (χ3n) is 3.40. The second-order valence-corrected chi connectivity index (χ2v) is 5.40. The highest BCUT2D eigenvalue weighted by Crippen LogP contribution is 2.25. The van der Waals surface area contributed by atoms with Gasteiger partial charge in [0.15, 0.2) is 0 Å². The fourth-order valence-electron chi connectivity index (χ4n) is 2.02. The highest BCUT2D eigenvalue weighted by atomic mass is 32.1. The van der Waals surface area contributed by atoms with E-state index in [1.807, 2.05) is 31.4 Å². The van der Waals surface area contributed by atoms with Gasteiger partial charge in [-0.1, -0.05) is 13.0 Å². The number of nitrogens with one attached hydrogen (secondary N) is 1. The van der Waals surface area contributed by atoms with E-state index >= 15 is 0 Å². The van der Waals surface area contributed by atoms with Crippen molar-refractivity contribution in [2.45, 2.75) is 32.2 Å². The Bertz CT molecular complexity index is 430. The first-order valence-electron chi connectivity index (χ1n) is 5.73. The second kappa shape index (κ2) is 4.49. The zero-order valence-electron chi connectivity index (χ0n) is 10.0. The molecule has 1 atom stereocenters. The van der Waals surface area contributed by atoms with E-state index in [0.29, 0.717) is 13.0 Å². The fraction of sp³-hybridized carbons (Fsp3) is 0.500. The smallest absolute Gasteiger partial charge is 0.310 e. The van der Waals surface area contributed by atoms with Crippen LogP contribution in [0, 0.1) is 0 Å². The van der Waals surface area contributed by atoms with Crippen molar-refractivity contribution in [2.75, 3.05) is 6.54 Å². The van der Waals surface area contributed by atoms with Gasteiger partial charge in [-0.15, -0.1) is 11.3 Å². The number of rotatable bonds is 4. The third-order valence-corrected chi connectivity index (χ3v) is 4.34. The fourth-order valence-corrected chi connectivity index (χ4v) is 2.72. The van der Waals surface area contributed by atoms with Crippen LogP contribution in [-0.4, -0.2) is 28.9 Å². The maximum Gasteiger partial charge on any atom is 0.325 e. The number of amides is 3. The predicted octanol–water partition coefficient (Wildman–Crippen LogP) is 2.01. The minimum Gasteiger partial charge on any atom is -0.310 e. The van der Waals surface area contributed by atoms with Gasteiger partial charge >= 0.3 is 6.03 Å². The van der Waals surface area contributed by atoms with Crippen LogP contribution in [0.25, 0.3) is 0 Å². The number of carbonyl (C=O) groups excluding carboxylic acids is 2. The zero-order chi connectivity index (χ0) is 12.5. The van der Waals surface area contributed by atoms with Crippen LogP contribution in [0.1, 0.15) is 25.1 Å². The summed E-state index contributed by atoms with van der Waals surface area (Å²) in [5, 5.41) is 4.41. The molecule has 0 saturated carbocycles. The van der Waals surface area contributed by atoms with Crippen molar-refractivity contribution in [3.63, 3.8) is 0 Å². The predicted molar refractivity (Wildman–Crippen MR) is 67.0 cm³/mol. The summed E-state index contributed by atoms with van der Waals surface area (Å²) in [5.41, 5.74) is -0.686. The van der Waals surface area contributed by atoms with E-state index in [9.17, 15) is 9.59 Å². The molecule has 3 amide bonds. The molecule has 1 N–H and O–H groups in total. The highest BCUT2D eigenvalue weighted by Gasteiger charge is 2.47. The Morgan fingerprint density at radius 2 is 2.24 bits per heavy atom. The number of hydrogen-bond acceptors (Lipinski definition) is 3. The van der Waals surface area contributed by atoms with E-state index in [2.05, 4.69) is 5.32 Å². The van der Waals surface area contributed by atoms with Gasteiger partial charge < -0.3 is 4.90 Å². The summed E-state index contributed by atoms with van der Waals surface area (Å²) in [6.07, 6.45) is 1.43. The molecule has 4 nitrogen and oxygen atoms in total. The Balaban J connectivity index is 2.08. The van der Waals surface area contributed by atoms with Crippen molar-refractivity contribution in [3.8, 4) is 0 Å². The second-order valence-electron chi connectivity index (χ2n) is 4.37. The lowest BCUT2D eigenvalue weighted by Gasteiger charge is -2.30. The summed E-state index contributed by atoms with van der Waals surface area (Å²) in [7, 11) is 0. The molecule has 92 valence electrons. The molecule has 0 spiro atoms. The van der Waals surface area contributed by atoms with Gasteiger partial charge in [-0.3, -0.25) is 10.1 Å². The van der Waals surface area contributed by atoms with E-state index in [1.54, 1.807) is 16.2 Å². The Kier molecular flexibility index (Phi) is 3.19. The molecule has 0 aromatic carbocycles. The van der Waals surface area contributed by atoms with Crippen LogP contribution < -0.4 is 5.32 Å². The summed E-state index contributed by atoms with van der Waals surface area (Å²) in [6.45, 7) is 4.33. The number of hydrogen-bond donors (Lipinski definition) is 1. The van der Waals surface area contributed by atoms with Crippen LogP contribution in [0.15, 0.2) is 17.5 Å². The van der Waals surface area contributed by atoms with Gasteiger partial charge in [-0.2, -0.15) is 0 Å². The summed E-state index contributed by atoms with van der Waals surface area (Å²) < 4.78 is 0. The largest absolute Gasteiger partial charge is 0.325 e. The number of thiophene rings is 1. The van der Waals surface area contributed by atoms with Gasteiger partial charge in [0.2, 0.25) is 0 Å². The van der Waals surface area contributed by atoms with Crippen LogP contribution in [0.4, 0.5) is 4.79 Å². The molecule has 1 saturated heterocycles. The first kappa shape index (κ1) is 12.1. The van der Waals surface area contributed by atoms with Crippen LogP contribution in [0.3, 0.4) is 0 Å². The van der Waals surface area contributed by atoms with Crippen molar-refractivity contribution >= 4 is 23.3 Å². The van der Waals surface area contributed by atoms with E-state index in [0.717, 1.165) is 6.42 Å². The molecular weight excluding hydrogens is 236 g/mol. The number of carbonyl (C=O) groups is 2. The van der Waals surface area contributed by atoms with Crippen LogP contribution in [-0.2, 0) is 11.2 Å². The normalized spacial score (nSPS) is 24.2. The topological polar surface area (TPSA) is 49.4 Å². The summed E-state index contributed by atoms with van der Waals surface area (Å²) >= 11 is 1.67. The average Bonchev–Trinajstić information content (AvgIpc) is 2.87. The van der Waals surface area contributed by atoms with Crippen molar-refractivity contribution in [1.82, 2.24) is 10.2 Å². The van der Waals surface area contributed by atoms with Crippen LogP contribution in [0.2, 0.25) is 0 Å². The Morgan fingerprint density at radius 1 is 1.47 bits per heavy atom. The molecular formula is C12H16N2O2S. The van der Waals surface area contributed by atoms with Crippen LogP contribution in [0.5, 0.6) is 0 Å². The Labute approximate surface area is 105 Å². The third kappa shape index (κ3) is 2.07. The molecule has 0 radical (unpaired) electrons. The van der Waals surface area contributed by atoms with Gasteiger partial charge in [0.25, 0.3) is 5.91 Å². The first-order chi connectivity index (χ1) is 8.08. The van der Waals surface area contributed by atoms with Gasteiger partial charge in [0.1, 0.15) is 5.54 Å². The molecule has 17 heavy (non-hydrogen) atoms. The van der Waals surface area contributed by atoms with Crippen molar-refractivity contribution in [2.24, 2.45) is 0 Å². The highest BCUT2D eigenvalue weighted by molar-refractivity contribution is 7.09. The van der Waals surface area contributed by atoms with E-state index < -0.39 is 5.54 Å². The lowest BCUT2D eigenvalue weighted by atomic mass is 9.97. The molecule has 5 heteroatoms.